The van der Waals surface area contributed by atoms with E-state index in [-0.39, 0.29) is 12.4 Å². The second-order valence-corrected chi connectivity index (χ2v) is 6.46. The van der Waals surface area contributed by atoms with Gasteiger partial charge in [-0.25, -0.2) is 4.39 Å². The lowest BCUT2D eigenvalue weighted by Crippen LogP contribution is -2.00. The number of nitriles is 1. The minimum atomic E-state index is -0.302. The van der Waals surface area contributed by atoms with Gasteiger partial charge in [0.2, 0.25) is 0 Å². The van der Waals surface area contributed by atoms with Crippen LogP contribution in [-0.2, 0) is 6.61 Å². The molecule has 0 saturated heterocycles. The quantitative estimate of drug-likeness (QED) is 0.348. The highest BCUT2D eigenvalue weighted by Crippen LogP contribution is 2.31. The number of hydrogen-bond acceptors (Lipinski definition) is 4. The van der Waals surface area contributed by atoms with Gasteiger partial charge in [0.05, 0.1) is 25.4 Å². The third kappa shape index (κ3) is 5.39. The molecular weight excluding hydrogens is 381 g/mol. The zero-order valence-corrected chi connectivity index (χ0v) is 16.9. The van der Waals surface area contributed by atoms with Gasteiger partial charge in [-0.2, -0.15) is 5.26 Å². The summed E-state index contributed by atoms with van der Waals surface area (Å²) in [6, 6.07) is 21.3. The molecule has 0 atom stereocenters. The molecule has 0 fully saturated rings. The van der Waals surface area contributed by atoms with Crippen molar-refractivity contribution in [2.45, 2.75) is 13.5 Å². The molecule has 3 aromatic rings. The van der Waals surface area contributed by atoms with Crippen molar-refractivity contribution in [3.8, 4) is 23.3 Å². The third-order valence-corrected chi connectivity index (χ3v) is 4.38. The first-order valence-electron chi connectivity index (χ1n) is 9.53. The molecule has 0 radical (unpaired) electrons. The molecule has 0 amide bonds. The first kappa shape index (κ1) is 20.9. The Hall–Kier alpha value is -3.78. The summed E-state index contributed by atoms with van der Waals surface area (Å²) in [6.07, 6.45) is 1.79. The number of hydrogen-bond donors (Lipinski definition) is 0. The van der Waals surface area contributed by atoms with Crippen LogP contribution in [0.25, 0.3) is 11.6 Å². The molecular formula is C25H22FNO3. The molecule has 0 aliphatic rings. The van der Waals surface area contributed by atoms with Crippen molar-refractivity contribution in [2.24, 2.45) is 0 Å². The number of allylic oxidation sites excluding steroid dienone is 1. The summed E-state index contributed by atoms with van der Waals surface area (Å²) in [5, 5.41) is 9.59. The van der Waals surface area contributed by atoms with Crippen LogP contribution in [0.2, 0.25) is 0 Å². The second-order valence-electron chi connectivity index (χ2n) is 6.46. The zero-order chi connectivity index (χ0) is 21.3. The molecule has 30 heavy (non-hydrogen) atoms. The Bertz CT molecular complexity index is 1070. The molecule has 3 rings (SSSR count). The Morgan fingerprint density at radius 1 is 1.00 bits per heavy atom. The van der Waals surface area contributed by atoms with Crippen LogP contribution in [-0.4, -0.2) is 13.7 Å². The number of rotatable bonds is 8. The van der Waals surface area contributed by atoms with Gasteiger partial charge in [0, 0.05) is 0 Å². The lowest BCUT2D eigenvalue weighted by Gasteiger charge is -2.13. The van der Waals surface area contributed by atoms with Crippen molar-refractivity contribution in [2.75, 3.05) is 13.7 Å². The van der Waals surface area contributed by atoms with E-state index in [1.54, 1.807) is 31.4 Å². The van der Waals surface area contributed by atoms with Crippen LogP contribution < -0.4 is 14.2 Å². The van der Waals surface area contributed by atoms with Gasteiger partial charge in [-0.1, -0.05) is 18.2 Å². The molecule has 0 spiro atoms. The minimum Gasteiger partial charge on any atom is -0.497 e. The normalized spacial score (nSPS) is 10.9. The van der Waals surface area contributed by atoms with Crippen LogP contribution in [0.4, 0.5) is 4.39 Å². The zero-order valence-electron chi connectivity index (χ0n) is 16.9. The van der Waals surface area contributed by atoms with Gasteiger partial charge in [0.25, 0.3) is 0 Å². The van der Waals surface area contributed by atoms with Crippen molar-refractivity contribution in [3.05, 3.63) is 89.2 Å². The smallest absolute Gasteiger partial charge is 0.161 e. The largest absolute Gasteiger partial charge is 0.497 e. The predicted molar refractivity (Wildman–Crippen MR) is 115 cm³/mol. The molecule has 0 unspecified atom stereocenters. The lowest BCUT2D eigenvalue weighted by molar-refractivity contribution is 0.269. The van der Waals surface area contributed by atoms with Crippen LogP contribution >= 0.6 is 0 Å². The van der Waals surface area contributed by atoms with Crippen LogP contribution in [0.1, 0.15) is 23.6 Å². The van der Waals surface area contributed by atoms with Crippen LogP contribution in [0.3, 0.4) is 0 Å². The monoisotopic (exact) mass is 403 g/mol. The van der Waals surface area contributed by atoms with Crippen molar-refractivity contribution in [1.29, 1.82) is 5.26 Å². The van der Waals surface area contributed by atoms with E-state index in [1.807, 2.05) is 43.3 Å². The summed E-state index contributed by atoms with van der Waals surface area (Å²) in [7, 11) is 1.60. The molecule has 0 aliphatic heterocycles. The summed E-state index contributed by atoms with van der Waals surface area (Å²) in [4.78, 5) is 0. The number of benzene rings is 3. The Kier molecular flexibility index (Phi) is 7.07. The van der Waals surface area contributed by atoms with E-state index < -0.39 is 0 Å². The first-order chi connectivity index (χ1) is 14.6. The summed E-state index contributed by atoms with van der Waals surface area (Å²) in [6.45, 7) is 2.58. The fraction of sp³-hybridized carbons (Fsp3) is 0.160. The average Bonchev–Trinajstić information content (AvgIpc) is 2.77. The summed E-state index contributed by atoms with van der Waals surface area (Å²) < 4.78 is 30.1. The second kappa shape index (κ2) is 10.1. The Morgan fingerprint density at radius 3 is 2.47 bits per heavy atom. The fourth-order valence-electron chi connectivity index (χ4n) is 2.91. The standard InChI is InChI=1S/C25H22FNO3/c1-3-29-25-15-18(13-21(16-27)20-8-10-23(28-2)11-9-20)7-12-24(25)30-17-19-5-4-6-22(26)14-19/h4-15H,3,17H2,1-2H3/b21-13+. The molecule has 3 aromatic carbocycles. The minimum absolute atomic E-state index is 0.225. The van der Waals surface area contributed by atoms with Crippen LogP contribution in [0, 0.1) is 17.1 Å². The van der Waals surface area contributed by atoms with Crippen molar-refractivity contribution in [1.82, 2.24) is 0 Å². The van der Waals surface area contributed by atoms with Gasteiger partial charge in [-0.05, 0) is 78.2 Å². The summed E-state index contributed by atoms with van der Waals surface area (Å²) in [5.74, 6) is 1.55. The Labute approximate surface area is 175 Å². The average molecular weight is 403 g/mol. The number of ether oxygens (including phenoxy) is 3. The SMILES string of the molecule is CCOc1cc(/C=C(\C#N)c2ccc(OC)cc2)ccc1OCc1cccc(F)c1. The molecule has 4 nitrogen and oxygen atoms in total. The van der Waals surface area contributed by atoms with E-state index >= 15 is 0 Å². The van der Waals surface area contributed by atoms with Gasteiger partial charge in [-0.3, -0.25) is 0 Å². The maximum absolute atomic E-state index is 13.4. The maximum Gasteiger partial charge on any atom is 0.161 e. The fourth-order valence-corrected chi connectivity index (χ4v) is 2.91. The topological polar surface area (TPSA) is 51.5 Å². The molecule has 0 N–H and O–H groups in total. The summed E-state index contributed by atoms with van der Waals surface area (Å²) in [5.41, 5.74) is 2.85. The molecule has 0 saturated carbocycles. The van der Waals surface area contributed by atoms with E-state index in [2.05, 4.69) is 6.07 Å². The van der Waals surface area contributed by atoms with Crippen LogP contribution in [0.5, 0.6) is 17.2 Å². The van der Waals surface area contributed by atoms with Crippen molar-refractivity contribution in [3.63, 3.8) is 0 Å². The Morgan fingerprint density at radius 2 is 1.80 bits per heavy atom. The van der Waals surface area contributed by atoms with Gasteiger partial charge in [-0.15, -0.1) is 0 Å². The van der Waals surface area contributed by atoms with Crippen molar-refractivity contribution >= 4 is 11.6 Å². The molecule has 0 bridgehead atoms. The van der Waals surface area contributed by atoms with E-state index in [0.717, 1.165) is 22.4 Å². The van der Waals surface area contributed by atoms with Crippen LogP contribution in [0.15, 0.2) is 66.7 Å². The number of methoxy groups -OCH3 is 1. The predicted octanol–water partition coefficient (Wildman–Crippen LogP) is 5.88. The highest BCUT2D eigenvalue weighted by Gasteiger charge is 2.08. The van der Waals surface area contributed by atoms with Gasteiger partial charge in [0.15, 0.2) is 11.5 Å². The van der Waals surface area contributed by atoms with Gasteiger partial charge < -0.3 is 14.2 Å². The molecule has 0 aliphatic carbocycles. The lowest BCUT2D eigenvalue weighted by atomic mass is 10.0. The maximum atomic E-state index is 13.4. The third-order valence-electron chi connectivity index (χ3n) is 4.38. The molecule has 5 heteroatoms. The van der Waals surface area contributed by atoms with Gasteiger partial charge >= 0.3 is 0 Å². The molecule has 0 heterocycles. The Balaban J connectivity index is 1.83. The molecule has 152 valence electrons. The van der Waals surface area contributed by atoms with E-state index in [4.69, 9.17) is 14.2 Å². The first-order valence-corrected chi connectivity index (χ1v) is 9.53. The van der Waals surface area contributed by atoms with E-state index in [9.17, 15) is 9.65 Å². The molecule has 0 aromatic heterocycles. The number of halogens is 1. The van der Waals surface area contributed by atoms with Crippen molar-refractivity contribution < 1.29 is 18.6 Å². The summed E-state index contributed by atoms with van der Waals surface area (Å²) >= 11 is 0. The van der Waals surface area contributed by atoms with E-state index in [1.165, 1.54) is 12.1 Å². The highest BCUT2D eigenvalue weighted by atomic mass is 19.1. The number of nitrogens with zero attached hydrogens (tertiary/aromatic N) is 1. The van der Waals surface area contributed by atoms with E-state index in [0.29, 0.717) is 23.7 Å². The van der Waals surface area contributed by atoms with Gasteiger partial charge in [0.1, 0.15) is 18.2 Å². The highest BCUT2D eigenvalue weighted by molar-refractivity contribution is 5.90.